The molecular formula is C14H15F3N2O3. The molecular weight excluding hydrogens is 301 g/mol. The van der Waals surface area contributed by atoms with Crippen molar-refractivity contribution in [2.24, 2.45) is 5.73 Å². The summed E-state index contributed by atoms with van der Waals surface area (Å²) in [7, 11) is 0. The second-order valence-corrected chi connectivity index (χ2v) is 5.06. The first-order valence-electron chi connectivity index (χ1n) is 6.61. The number of primary amides is 1. The van der Waals surface area contributed by atoms with Crippen LogP contribution in [0.5, 0.6) is 0 Å². The molecule has 1 aliphatic rings. The van der Waals surface area contributed by atoms with Gasteiger partial charge in [-0.25, -0.2) is 0 Å². The third-order valence-electron chi connectivity index (χ3n) is 3.42. The zero-order valence-electron chi connectivity index (χ0n) is 11.8. The molecule has 0 aliphatic carbocycles. The fourth-order valence-corrected chi connectivity index (χ4v) is 2.47. The number of esters is 1. The number of rotatable bonds is 3. The van der Waals surface area contributed by atoms with Crippen LogP contribution in [-0.2, 0) is 15.7 Å². The predicted octanol–water partition coefficient (Wildman–Crippen LogP) is 1.95. The van der Waals surface area contributed by atoms with E-state index in [9.17, 15) is 22.8 Å². The summed E-state index contributed by atoms with van der Waals surface area (Å²) in [5, 5.41) is 0. The van der Waals surface area contributed by atoms with E-state index in [2.05, 4.69) is 0 Å². The van der Waals surface area contributed by atoms with Crippen molar-refractivity contribution in [1.82, 2.24) is 0 Å². The smallest absolute Gasteiger partial charge is 0.417 e. The third kappa shape index (κ3) is 3.49. The molecule has 0 saturated carbocycles. The van der Waals surface area contributed by atoms with Crippen LogP contribution >= 0.6 is 0 Å². The van der Waals surface area contributed by atoms with Gasteiger partial charge < -0.3 is 15.4 Å². The van der Waals surface area contributed by atoms with Crippen molar-refractivity contribution in [3.05, 3.63) is 29.3 Å². The molecule has 22 heavy (non-hydrogen) atoms. The van der Waals surface area contributed by atoms with E-state index in [0.29, 0.717) is 25.2 Å². The Morgan fingerprint density at radius 1 is 1.36 bits per heavy atom. The molecule has 1 amide bonds. The lowest BCUT2D eigenvalue weighted by molar-refractivity contribution is -0.145. The topological polar surface area (TPSA) is 72.6 Å². The van der Waals surface area contributed by atoms with Gasteiger partial charge in [0.25, 0.3) is 0 Å². The summed E-state index contributed by atoms with van der Waals surface area (Å²) >= 11 is 0. The molecule has 1 aliphatic heterocycles. The monoisotopic (exact) mass is 316 g/mol. The zero-order chi connectivity index (χ0) is 16.5. The quantitative estimate of drug-likeness (QED) is 0.865. The number of alkyl halides is 3. The largest absolute Gasteiger partial charge is 0.461 e. The van der Waals surface area contributed by atoms with Gasteiger partial charge in [-0.2, -0.15) is 13.2 Å². The van der Waals surface area contributed by atoms with Gasteiger partial charge in [0, 0.05) is 25.6 Å². The first kappa shape index (κ1) is 16.1. The van der Waals surface area contributed by atoms with Crippen molar-refractivity contribution in [3.8, 4) is 0 Å². The average molecular weight is 316 g/mol. The summed E-state index contributed by atoms with van der Waals surface area (Å²) in [5.74, 6) is -1.54. The van der Waals surface area contributed by atoms with Gasteiger partial charge in [0.2, 0.25) is 5.91 Å². The average Bonchev–Trinajstić information content (AvgIpc) is 2.84. The molecule has 0 bridgehead atoms. The van der Waals surface area contributed by atoms with Gasteiger partial charge in [-0.1, -0.05) is 0 Å². The van der Waals surface area contributed by atoms with Gasteiger partial charge in [0.05, 0.1) is 17.7 Å². The minimum absolute atomic E-state index is 0.308. The van der Waals surface area contributed by atoms with Crippen LogP contribution in [0.15, 0.2) is 18.2 Å². The highest BCUT2D eigenvalue weighted by Crippen LogP contribution is 2.34. The number of benzene rings is 1. The molecule has 0 spiro atoms. The van der Waals surface area contributed by atoms with Crippen molar-refractivity contribution < 1.29 is 27.5 Å². The van der Waals surface area contributed by atoms with E-state index in [1.54, 1.807) is 4.90 Å². The standard InChI is InChI=1S/C14H15F3N2O3/c1-8(20)22-10-4-5-19(7-10)9-2-3-12(14(15,16)17)11(6-9)13(18)21/h2-3,6,10H,4-5,7H2,1H3,(H2,18,21)/t10-/m0/s1. The molecule has 2 N–H and O–H groups in total. The maximum atomic E-state index is 12.8. The van der Waals surface area contributed by atoms with Gasteiger partial charge in [0.15, 0.2) is 0 Å². The molecule has 120 valence electrons. The Kier molecular flexibility index (Phi) is 4.30. The number of ether oxygens (including phenoxy) is 1. The van der Waals surface area contributed by atoms with E-state index < -0.39 is 29.2 Å². The minimum Gasteiger partial charge on any atom is -0.461 e. The molecule has 1 atom stereocenters. The Hall–Kier alpha value is -2.25. The van der Waals surface area contributed by atoms with Crippen LogP contribution in [0.1, 0.15) is 29.3 Å². The number of anilines is 1. The maximum Gasteiger partial charge on any atom is 0.417 e. The third-order valence-corrected chi connectivity index (χ3v) is 3.42. The van der Waals surface area contributed by atoms with Gasteiger partial charge in [-0.05, 0) is 18.2 Å². The number of hydrogen-bond donors (Lipinski definition) is 1. The van der Waals surface area contributed by atoms with Crippen molar-refractivity contribution >= 4 is 17.6 Å². The number of hydrogen-bond acceptors (Lipinski definition) is 4. The van der Waals surface area contributed by atoms with Crippen molar-refractivity contribution in [3.63, 3.8) is 0 Å². The SMILES string of the molecule is CC(=O)O[C@H]1CCN(c2ccc(C(F)(F)F)c(C(N)=O)c2)C1. The number of amides is 1. The van der Waals surface area contributed by atoms with Crippen LogP contribution in [0.2, 0.25) is 0 Å². The molecule has 1 heterocycles. The first-order chi connectivity index (χ1) is 10.2. The Morgan fingerprint density at radius 2 is 2.05 bits per heavy atom. The van der Waals surface area contributed by atoms with Crippen molar-refractivity contribution in [2.45, 2.75) is 25.6 Å². The Morgan fingerprint density at radius 3 is 2.59 bits per heavy atom. The number of carbonyl (C=O) groups excluding carboxylic acids is 2. The van der Waals surface area contributed by atoms with Crippen LogP contribution in [0, 0.1) is 0 Å². The highest BCUT2D eigenvalue weighted by Gasteiger charge is 2.35. The Bertz CT molecular complexity index is 601. The Labute approximate surface area is 124 Å². The minimum atomic E-state index is -4.64. The predicted molar refractivity (Wildman–Crippen MR) is 72.3 cm³/mol. The summed E-state index contributed by atoms with van der Waals surface area (Å²) in [6, 6.07) is 3.25. The van der Waals surface area contributed by atoms with E-state index in [4.69, 9.17) is 10.5 Å². The van der Waals surface area contributed by atoms with Gasteiger partial charge in [-0.15, -0.1) is 0 Å². The molecule has 0 radical (unpaired) electrons. The fraction of sp³-hybridized carbons (Fsp3) is 0.429. The molecule has 5 nitrogen and oxygen atoms in total. The van der Waals surface area contributed by atoms with E-state index in [0.717, 1.165) is 12.1 Å². The van der Waals surface area contributed by atoms with Crippen LogP contribution < -0.4 is 10.6 Å². The van der Waals surface area contributed by atoms with Gasteiger partial charge >= 0.3 is 12.1 Å². The Balaban J connectivity index is 2.25. The van der Waals surface area contributed by atoms with E-state index in [-0.39, 0.29) is 6.10 Å². The van der Waals surface area contributed by atoms with Gasteiger partial charge in [0.1, 0.15) is 6.10 Å². The molecule has 2 rings (SSSR count). The summed E-state index contributed by atoms with van der Waals surface area (Å²) in [5.41, 5.74) is 3.86. The molecule has 1 aromatic carbocycles. The first-order valence-corrected chi connectivity index (χ1v) is 6.61. The number of halogens is 3. The molecule has 0 aromatic heterocycles. The van der Waals surface area contributed by atoms with Crippen molar-refractivity contribution in [2.75, 3.05) is 18.0 Å². The maximum absolute atomic E-state index is 12.8. The molecule has 8 heteroatoms. The summed E-state index contributed by atoms with van der Waals surface area (Å²) in [4.78, 5) is 23.9. The highest BCUT2D eigenvalue weighted by molar-refractivity contribution is 5.95. The van der Waals surface area contributed by atoms with E-state index in [1.807, 2.05) is 0 Å². The summed E-state index contributed by atoms with van der Waals surface area (Å²) in [6.07, 6.45) is -4.38. The van der Waals surface area contributed by atoms with Crippen molar-refractivity contribution in [1.29, 1.82) is 0 Å². The molecule has 1 fully saturated rings. The van der Waals surface area contributed by atoms with E-state index in [1.165, 1.54) is 13.0 Å². The van der Waals surface area contributed by atoms with Crippen LogP contribution in [0.25, 0.3) is 0 Å². The zero-order valence-corrected chi connectivity index (χ0v) is 11.8. The number of nitrogens with zero attached hydrogens (tertiary/aromatic N) is 1. The second kappa shape index (κ2) is 5.86. The van der Waals surface area contributed by atoms with Crippen LogP contribution in [0.3, 0.4) is 0 Å². The molecule has 0 unspecified atom stereocenters. The lowest BCUT2D eigenvalue weighted by atomic mass is 10.1. The molecule has 1 saturated heterocycles. The summed E-state index contributed by atoms with van der Waals surface area (Å²) in [6.45, 7) is 2.18. The number of carbonyl (C=O) groups is 2. The second-order valence-electron chi connectivity index (χ2n) is 5.06. The van der Waals surface area contributed by atoms with Crippen LogP contribution in [0.4, 0.5) is 18.9 Å². The number of nitrogens with two attached hydrogens (primary N) is 1. The molecule has 1 aromatic rings. The van der Waals surface area contributed by atoms with Crippen LogP contribution in [-0.4, -0.2) is 31.1 Å². The fourth-order valence-electron chi connectivity index (χ4n) is 2.47. The van der Waals surface area contributed by atoms with Gasteiger partial charge in [-0.3, -0.25) is 9.59 Å². The summed E-state index contributed by atoms with van der Waals surface area (Å²) < 4.78 is 43.6. The normalized spacial score (nSPS) is 18.4. The lowest BCUT2D eigenvalue weighted by Gasteiger charge is -2.20. The highest BCUT2D eigenvalue weighted by atomic mass is 19.4. The lowest BCUT2D eigenvalue weighted by Crippen LogP contribution is -2.25. The van der Waals surface area contributed by atoms with E-state index >= 15 is 0 Å².